The molecule has 5 heteroatoms. The highest BCUT2D eigenvalue weighted by Gasteiger charge is 2.25. The molecule has 4 nitrogen and oxygen atoms in total. The predicted octanol–water partition coefficient (Wildman–Crippen LogP) is 4.45. The largest absolute Gasteiger partial charge is 0.343 e. The Morgan fingerprint density at radius 2 is 2.08 bits per heavy atom. The first-order chi connectivity index (χ1) is 12.0. The summed E-state index contributed by atoms with van der Waals surface area (Å²) in [5.74, 6) is -0.440. The molecule has 0 saturated heterocycles. The normalized spacial score (nSPS) is 16.3. The zero-order valence-electron chi connectivity index (χ0n) is 14.1. The van der Waals surface area contributed by atoms with Crippen LogP contribution in [0.25, 0.3) is 0 Å². The summed E-state index contributed by atoms with van der Waals surface area (Å²) in [6.45, 7) is 3.90. The first-order valence-electron chi connectivity index (χ1n) is 8.06. The highest BCUT2D eigenvalue weighted by molar-refractivity contribution is 6.31. The third-order valence-corrected chi connectivity index (χ3v) is 4.82. The molecule has 1 aliphatic heterocycles. The molecule has 1 N–H and O–H groups in total. The van der Waals surface area contributed by atoms with Crippen LogP contribution in [0.3, 0.4) is 0 Å². The summed E-state index contributed by atoms with van der Waals surface area (Å²) in [4.78, 5) is 14.5. The number of carbonyl (C=O) groups is 1. The van der Waals surface area contributed by atoms with E-state index in [1.54, 1.807) is 24.4 Å². The van der Waals surface area contributed by atoms with Crippen LogP contribution in [-0.4, -0.2) is 11.9 Å². The molecule has 1 amide bonds. The molecule has 1 aliphatic rings. The minimum atomic E-state index is -0.440. The van der Waals surface area contributed by atoms with Crippen molar-refractivity contribution in [1.82, 2.24) is 0 Å². The smallest absolute Gasteiger partial charge is 0.267 e. The molecule has 2 aromatic carbocycles. The van der Waals surface area contributed by atoms with Crippen LogP contribution in [0.5, 0.6) is 0 Å². The molecule has 3 rings (SSSR count). The lowest BCUT2D eigenvalue weighted by Gasteiger charge is -2.20. The van der Waals surface area contributed by atoms with Crippen LogP contribution in [0.2, 0.25) is 5.02 Å². The van der Waals surface area contributed by atoms with Crippen molar-refractivity contribution in [2.45, 2.75) is 26.3 Å². The van der Waals surface area contributed by atoms with Crippen LogP contribution in [0.4, 0.5) is 11.4 Å². The number of rotatable bonds is 3. The van der Waals surface area contributed by atoms with Crippen LogP contribution in [0.15, 0.2) is 54.2 Å². The summed E-state index contributed by atoms with van der Waals surface area (Å²) in [5, 5.41) is 12.8. The van der Waals surface area contributed by atoms with E-state index in [9.17, 15) is 10.1 Å². The van der Waals surface area contributed by atoms with Gasteiger partial charge < -0.3 is 10.2 Å². The Bertz CT molecular complexity index is 898. The van der Waals surface area contributed by atoms with Gasteiger partial charge in [-0.3, -0.25) is 4.79 Å². The molecule has 0 spiro atoms. The monoisotopic (exact) mass is 351 g/mol. The lowest BCUT2D eigenvalue weighted by molar-refractivity contribution is -0.112. The maximum Gasteiger partial charge on any atom is 0.267 e. The Hall–Kier alpha value is -2.77. The highest BCUT2D eigenvalue weighted by atomic mass is 35.5. The lowest BCUT2D eigenvalue weighted by Crippen LogP contribution is -2.26. The van der Waals surface area contributed by atoms with E-state index >= 15 is 0 Å². The average Bonchev–Trinajstić information content (AvgIpc) is 2.92. The number of fused-ring (bicyclic) bond motifs is 1. The predicted molar refractivity (Wildman–Crippen MR) is 101 cm³/mol. The van der Waals surface area contributed by atoms with E-state index in [1.165, 1.54) is 5.56 Å². The minimum Gasteiger partial charge on any atom is -0.343 e. The van der Waals surface area contributed by atoms with Crippen molar-refractivity contribution in [2.24, 2.45) is 0 Å². The SMILES string of the molecule is Cc1c(Cl)cccc1NC(=O)/C(C#N)=C\N1c2ccccc2CC1C. The van der Waals surface area contributed by atoms with Crippen LogP contribution in [-0.2, 0) is 11.2 Å². The molecule has 126 valence electrons. The summed E-state index contributed by atoms with van der Waals surface area (Å²) in [6.07, 6.45) is 2.52. The standard InChI is InChI=1S/C20H18ClN3O/c1-13-10-15-6-3-4-9-19(15)24(13)12-16(11-22)20(25)23-18-8-5-7-17(21)14(18)2/h3-9,12-13H,10H2,1-2H3,(H,23,25)/b16-12-. The van der Waals surface area contributed by atoms with Crippen molar-refractivity contribution >= 4 is 28.9 Å². The summed E-state index contributed by atoms with van der Waals surface area (Å²) >= 11 is 6.08. The third kappa shape index (κ3) is 3.38. The second kappa shape index (κ2) is 7.00. The second-order valence-electron chi connectivity index (χ2n) is 6.11. The number of nitrogens with one attached hydrogen (secondary N) is 1. The number of hydrogen-bond acceptors (Lipinski definition) is 3. The fraction of sp³-hybridized carbons (Fsp3) is 0.200. The van der Waals surface area contributed by atoms with Crippen LogP contribution in [0, 0.1) is 18.3 Å². The van der Waals surface area contributed by atoms with Gasteiger partial charge >= 0.3 is 0 Å². The van der Waals surface area contributed by atoms with Gasteiger partial charge in [-0.2, -0.15) is 5.26 Å². The van der Waals surface area contributed by atoms with Gasteiger partial charge in [-0.1, -0.05) is 35.9 Å². The molecule has 25 heavy (non-hydrogen) atoms. The van der Waals surface area contributed by atoms with Gasteiger partial charge in [0.15, 0.2) is 0 Å². The Morgan fingerprint density at radius 1 is 1.32 bits per heavy atom. The average molecular weight is 352 g/mol. The fourth-order valence-electron chi connectivity index (χ4n) is 3.00. The van der Waals surface area contributed by atoms with Crippen molar-refractivity contribution in [3.05, 3.63) is 70.4 Å². The molecule has 0 bridgehead atoms. The fourth-order valence-corrected chi connectivity index (χ4v) is 3.17. The first-order valence-corrected chi connectivity index (χ1v) is 8.43. The Labute approximate surface area is 152 Å². The number of halogens is 1. The van der Waals surface area contributed by atoms with Crippen molar-refractivity contribution < 1.29 is 4.79 Å². The molecular formula is C20H18ClN3O. The highest BCUT2D eigenvalue weighted by Crippen LogP contribution is 2.32. The van der Waals surface area contributed by atoms with Crippen LogP contribution < -0.4 is 10.2 Å². The van der Waals surface area contributed by atoms with Crippen molar-refractivity contribution in [3.8, 4) is 6.07 Å². The molecular weight excluding hydrogens is 334 g/mol. The van der Waals surface area contributed by atoms with Gasteiger partial charge in [0.1, 0.15) is 11.6 Å². The van der Waals surface area contributed by atoms with Crippen molar-refractivity contribution in [3.63, 3.8) is 0 Å². The topological polar surface area (TPSA) is 56.1 Å². The van der Waals surface area contributed by atoms with E-state index in [0.29, 0.717) is 10.7 Å². The van der Waals surface area contributed by atoms with Crippen molar-refractivity contribution in [1.29, 1.82) is 5.26 Å². The van der Waals surface area contributed by atoms with Gasteiger partial charge in [0.2, 0.25) is 0 Å². The Balaban J connectivity index is 1.87. The molecule has 2 aromatic rings. The minimum absolute atomic E-state index is 0.0583. The van der Waals surface area contributed by atoms with Crippen LogP contribution >= 0.6 is 11.6 Å². The number of para-hydroxylation sites is 1. The van der Waals surface area contributed by atoms with Gasteiger partial charge in [-0.05, 0) is 49.6 Å². The number of carbonyl (C=O) groups excluding carboxylic acids is 1. The summed E-state index contributed by atoms with van der Waals surface area (Å²) in [5.41, 5.74) is 3.69. The Morgan fingerprint density at radius 3 is 2.84 bits per heavy atom. The number of nitriles is 1. The number of amides is 1. The summed E-state index contributed by atoms with van der Waals surface area (Å²) < 4.78 is 0. The zero-order valence-corrected chi connectivity index (χ0v) is 14.8. The molecule has 0 aliphatic carbocycles. The van der Waals surface area contributed by atoms with E-state index in [0.717, 1.165) is 17.7 Å². The number of benzene rings is 2. The molecule has 1 unspecified atom stereocenters. The number of hydrogen-bond donors (Lipinski definition) is 1. The quantitative estimate of drug-likeness (QED) is 0.656. The lowest BCUT2D eigenvalue weighted by atomic mass is 10.1. The van der Waals surface area contributed by atoms with E-state index in [-0.39, 0.29) is 11.6 Å². The number of nitrogens with zero attached hydrogens (tertiary/aromatic N) is 2. The van der Waals surface area contributed by atoms with E-state index < -0.39 is 5.91 Å². The van der Waals surface area contributed by atoms with Gasteiger partial charge in [0, 0.05) is 28.6 Å². The van der Waals surface area contributed by atoms with Gasteiger partial charge in [-0.25, -0.2) is 0 Å². The van der Waals surface area contributed by atoms with E-state index in [2.05, 4.69) is 18.3 Å². The molecule has 1 atom stereocenters. The molecule has 0 saturated carbocycles. The molecule has 0 radical (unpaired) electrons. The van der Waals surface area contributed by atoms with Gasteiger partial charge in [0.05, 0.1) is 0 Å². The zero-order chi connectivity index (χ0) is 18.0. The summed E-state index contributed by atoms with van der Waals surface area (Å²) in [6, 6.07) is 15.5. The van der Waals surface area contributed by atoms with E-state index in [4.69, 9.17) is 11.6 Å². The first kappa shape index (κ1) is 17.1. The maximum absolute atomic E-state index is 12.5. The molecule has 0 aromatic heterocycles. The molecule has 1 heterocycles. The maximum atomic E-state index is 12.5. The van der Waals surface area contributed by atoms with Crippen LogP contribution in [0.1, 0.15) is 18.1 Å². The third-order valence-electron chi connectivity index (χ3n) is 4.41. The van der Waals surface area contributed by atoms with Gasteiger partial charge in [0.25, 0.3) is 5.91 Å². The number of anilines is 2. The summed E-state index contributed by atoms with van der Waals surface area (Å²) in [7, 11) is 0. The Kier molecular flexibility index (Phi) is 4.78. The second-order valence-corrected chi connectivity index (χ2v) is 6.52. The molecule has 0 fully saturated rings. The van der Waals surface area contributed by atoms with Crippen molar-refractivity contribution in [2.75, 3.05) is 10.2 Å². The van der Waals surface area contributed by atoms with E-state index in [1.807, 2.05) is 36.1 Å². The van der Waals surface area contributed by atoms with Gasteiger partial charge in [-0.15, -0.1) is 0 Å².